The van der Waals surface area contributed by atoms with Crippen molar-refractivity contribution in [2.24, 2.45) is 29.2 Å². The Hall–Kier alpha value is -2.20. The van der Waals surface area contributed by atoms with Gasteiger partial charge in [-0.25, -0.2) is 4.79 Å². The molecule has 0 aliphatic carbocycles. The van der Waals surface area contributed by atoms with Gasteiger partial charge in [-0.1, -0.05) is 48.0 Å². The molecule has 3 amide bonds. The number of carbonyl (C=O) groups is 4. The largest absolute Gasteiger partial charge is 0.480 e. The van der Waals surface area contributed by atoms with Crippen LogP contribution in [0.4, 0.5) is 0 Å². The van der Waals surface area contributed by atoms with Gasteiger partial charge in [-0.3, -0.25) is 14.4 Å². The minimum Gasteiger partial charge on any atom is -0.480 e. The predicted octanol–water partition coefficient (Wildman–Crippen LogP) is 0.340. The molecule has 0 aliphatic rings. The minimum absolute atomic E-state index is 0.100. The zero-order chi connectivity index (χ0) is 25.0. The molecular weight excluding hydrogens is 414 g/mol. The van der Waals surface area contributed by atoms with Gasteiger partial charge < -0.3 is 32.5 Å². The van der Waals surface area contributed by atoms with Gasteiger partial charge in [-0.2, -0.15) is 0 Å². The summed E-state index contributed by atoms with van der Waals surface area (Å²) in [5.74, 6) is -3.18. The molecule has 4 atom stereocenters. The molecule has 4 unspecified atom stereocenters. The number of carbonyl (C=O) groups excluding carboxylic acids is 3. The fourth-order valence-electron chi connectivity index (χ4n) is 3.17. The Kier molecular flexibility index (Phi) is 13.8. The topological polar surface area (TPSA) is 177 Å². The van der Waals surface area contributed by atoms with Crippen molar-refractivity contribution < 1.29 is 24.3 Å². The molecule has 0 bridgehead atoms. The number of carboxylic acids is 1. The van der Waals surface area contributed by atoms with Crippen molar-refractivity contribution >= 4 is 23.7 Å². The quantitative estimate of drug-likeness (QED) is 0.192. The van der Waals surface area contributed by atoms with Crippen LogP contribution in [0.5, 0.6) is 0 Å². The van der Waals surface area contributed by atoms with Crippen LogP contribution in [0, 0.1) is 17.8 Å². The Morgan fingerprint density at radius 1 is 0.781 bits per heavy atom. The number of nitrogens with one attached hydrogen (secondary N) is 3. The van der Waals surface area contributed by atoms with E-state index in [0.717, 1.165) is 6.42 Å². The Morgan fingerprint density at radius 3 is 1.75 bits per heavy atom. The van der Waals surface area contributed by atoms with Gasteiger partial charge in [-0.15, -0.1) is 0 Å². The summed E-state index contributed by atoms with van der Waals surface area (Å²) < 4.78 is 0. The van der Waals surface area contributed by atoms with Crippen LogP contribution in [0.15, 0.2) is 0 Å². The highest BCUT2D eigenvalue weighted by atomic mass is 16.4. The maximum Gasteiger partial charge on any atom is 0.326 e. The predicted molar refractivity (Wildman–Crippen MR) is 123 cm³/mol. The zero-order valence-corrected chi connectivity index (χ0v) is 20.3. The second kappa shape index (κ2) is 14.8. The number of aliphatic carboxylic acids is 1. The van der Waals surface area contributed by atoms with E-state index in [1.165, 1.54) is 0 Å². The van der Waals surface area contributed by atoms with Crippen molar-refractivity contribution in [3.05, 3.63) is 0 Å². The lowest BCUT2D eigenvalue weighted by Crippen LogP contribution is -2.59. The fourth-order valence-corrected chi connectivity index (χ4v) is 3.17. The first kappa shape index (κ1) is 29.8. The van der Waals surface area contributed by atoms with Crippen LogP contribution in [0.25, 0.3) is 0 Å². The number of hydrogen-bond acceptors (Lipinski definition) is 6. The van der Waals surface area contributed by atoms with Gasteiger partial charge in [0.1, 0.15) is 18.1 Å². The second-order valence-electron chi connectivity index (χ2n) is 9.38. The summed E-state index contributed by atoms with van der Waals surface area (Å²) in [7, 11) is 0. The van der Waals surface area contributed by atoms with E-state index in [-0.39, 0.29) is 17.8 Å². The van der Waals surface area contributed by atoms with Gasteiger partial charge in [0.25, 0.3) is 0 Å². The van der Waals surface area contributed by atoms with E-state index in [1.807, 2.05) is 13.8 Å². The van der Waals surface area contributed by atoms with Crippen LogP contribution in [0.3, 0.4) is 0 Å². The molecule has 186 valence electrons. The average molecular weight is 458 g/mol. The van der Waals surface area contributed by atoms with Crippen LogP contribution < -0.4 is 27.4 Å². The molecule has 0 saturated carbocycles. The van der Waals surface area contributed by atoms with Crippen LogP contribution in [-0.4, -0.2) is 59.5 Å². The Morgan fingerprint density at radius 2 is 1.31 bits per heavy atom. The highest BCUT2D eigenvalue weighted by Gasteiger charge is 2.32. The van der Waals surface area contributed by atoms with Crippen molar-refractivity contribution in [1.29, 1.82) is 0 Å². The molecule has 8 N–H and O–H groups in total. The van der Waals surface area contributed by atoms with Crippen molar-refractivity contribution in [2.45, 2.75) is 91.4 Å². The molecular formula is C22H43N5O5. The maximum absolute atomic E-state index is 13.0. The van der Waals surface area contributed by atoms with Crippen molar-refractivity contribution in [3.63, 3.8) is 0 Å². The van der Waals surface area contributed by atoms with E-state index in [9.17, 15) is 24.3 Å². The highest BCUT2D eigenvalue weighted by molar-refractivity contribution is 5.94. The van der Waals surface area contributed by atoms with E-state index in [0.29, 0.717) is 25.8 Å². The van der Waals surface area contributed by atoms with E-state index in [1.54, 1.807) is 27.7 Å². The molecule has 0 fully saturated rings. The van der Waals surface area contributed by atoms with Crippen LogP contribution in [0.1, 0.15) is 67.2 Å². The SMILES string of the molecule is CC(C)CC(NC(=O)C(N)CCCCN)C(=O)NC(C(=O)NC(C(=O)O)C(C)C)C(C)C. The molecule has 0 aromatic carbocycles. The molecule has 32 heavy (non-hydrogen) atoms. The summed E-state index contributed by atoms with van der Waals surface area (Å²) in [4.78, 5) is 49.7. The minimum atomic E-state index is -1.14. The van der Waals surface area contributed by atoms with Gasteiger partial charge in [0, 0.05) is 0 Å². The molecule has 0 spiro atoms. The first-order chi connectivity index (χ1) is 14.8. The Bertz CT molecular complexity index is 624. The molecule has 0 heterocycles. The van der Waals surface area contributed by atoms with E-state index in [2.05, 4.69) is 16.0 Å². The summed E-state index contributed by atoms with van der Waals surface area (Å²) in [6, 6.07) is -3.64. The summed E-state index contributed by atoms with van der Waals surface area (Å²) in [5.41, 5.74) is 11.4. The number of amides is 3. The molecule has 0 aromatic rings. The third-order valence-corrected chi connectivity index (χ3v) is 5.12. The third kappa shape index (κ3) is 10.9. The molecule has 10 nitrogen and oxygen atoms in total. The van der Waals surface area contributed by atoms with Crippen molar-refractivity contribution in [1.82, 2.24) is 16.0 Å². The number of unbranched alkanes of at least 4 members (excludes halogenated alkanes) is 1. The summed E-state index contributed by atoms with van der Waals surface area (Å²) in [6.07, 6.45) is 2.29. The highest BCUT2D eigenvalue weighted by Crippen LogP contribution is 2.10. The number of carboxylic acid groups (broad SMARTS) is 1. The molecule has 10 heteroatoms. The van der Waals surface area contributed by atoms with Gasteiger partial charge in [0.05, 0.1) is 6.04 Å². The second-order valence-corrected chi connectivity index (χ2v) is 9.38. The lowest BCUT2D eigenvalue weighted by Gasteiger charge is -2.28. The third-order valence-electron chi connectivity index (χ3n) is 5.12. The summed E-state index contributed by atoms with van der Waals surface area (Å²) >= 11 is 0. The van der Waals surface area contributed by atoms with Crippen molar-refractivity contribution in [2.75, 3.05) is 6.54 Å². The maximum atomic E-state index is 13.0. The summed E-state index contributed by atoms with van der Waals surface area (Å²) in [6.45, 7) is 11.2. The molecule has 0 aromatic heterocycles. The van der Waals surface area contributed by atoms with E-state index < -0.39 is 47.9 Å². The molecule has 0 radical (unpaired) electrons. The fraction of sp³-hybridized carbons (Fsp3) is 0.818. The van der Waals surface area contributed by atoms with E-state index >= 15 is 0 Å². The molecule has 0 saturated heterocycles. The molecule has 0 rings (SSSR count). The Labute approximate surface area is 191 Å². The first-order valence-corrected chi connectivity index (χ1v) is 11.4. The smallest absolute Gasteiger partial charge is 0.326 e. The van der Waals surface area contributed by atoms with Crippen LogP contribution >= 0.6 is 0 Å². The monoisotopic (exact) mass is 457 g/mol. The number of rotatable bonds is 15. The normalized spacial score (nSPS) is 15.2. The van der Waals surface area contributed by atoms with Crippen molar-refractivity contribution in [3.8, 4) is 0 Å². The number of nitrogens with two attached hydrogens (primary N) is 2. The van der Waals surface area contributed by atoms with Gasteiger partial charge in [0.2, 0.25) is 17.7 Å². The summed E-state index contributed by atoms with van der Waals surface area (Å²) in [5, 5.41) is 17.2. The lowest BCUT2D eigenvalue weighted by molar-refractivity contribution is -0.144. The average Bonchev–Trinajstić information content (AvgIpc) is 2.68. The standard InChI is InChI=1S/C22H43N5O5/c1-12(2)11-16(25-19(28)15(24)9-7-8-10-23)20(29)26-17(13(3)4)21(30)27-18(14(5)6)22(31)32/h12-18H,7-11,23-24H2,1-6H3,(H,25,28)(H,26,29)(H,27,30)(H,31,32). The van der Waals surface area contributed by atoms with Gasteiger partial charge in [0.15, 0.2) is 0 Å². The van der Waals surface area contributed by atoms with Gasteiger partial charge >= 0.3 is 5.97 Å². The Balaban J connectivity index is 5.33. The number of hydrogen-bond donors (Lipinski definition) is 6. The van der Waals surface area contributed by atoms with Crippen LogP contribution in [-0.2, 0) is 19.2 Å². The van der Waals surface area contributed by atoms with Crippen LogP contribution in [0.2, 0.25) is 0 Å². The van der Waals surface area contributed by atoms with E-state index in [4.69, 9.17) is 11.5 Å². The van der Waals surface area contributed by atoms with Gasteiger partial charge in [-0.05, 0) is 43.6 Å². The zero-order valence-electron chi connectivity index (χ0n) is 20.3. The molecule has 0 aliphatic heterocycles. The first-order valence-electron chi connectivity index (χ1n) is 11.4. The lowest BCUT2D eigenvalue weighted by atomic mass is 9.98.